The number of esters is 1. The van der Waals surface area contributed by atoms with E-state index in [4.69, 9.17) is 27.8 Å². The number of imidazole rings is 1. The van der Waals surface area contributed by atoms with E-state index in [-0.39, 0.29) is 29.0 Å². The number of anilines is 2. The fourth-order valence-electron chi connectivity index (χ4n) is 3.98. The van der Waals surface area contributed by atoms with E-state index in [1.807, 2.05) is 16.7 Å². The Labute approximate surface area is 180 Å². The van der Waals surface area contributed by atoms with Gasteiger partial charge in [0.1, 0.15) is 11.0 Å². The van der Waals surface area contributed by atoms with Crippen molar-refractivity contribution in [3.63, 3.8) is 0 Å². The van der Waals surface area contributed by atoms with Gasteiger partial charge in [0.2, 0.25) is 5.28 Å². The molecule has 1 fully saturated rings. The van der Waals surface area contributed by atoms with E-state index in [0.29, 0.717) is 40.4 Å². The van der Waals surface area contributed by atoms with E-state index in [9.17, 15) is 4.79 Å². The van der Waals surface area contributed by atoms with Gasteiger partial charge in [-0.3, -0.25) is 4.79 Å². The number of carbonyl (C=O) groups is 1. The van der Waals surface area contributed by atoms with Gasteiger partial charge in [-0.25, -0.2) is 9.97 Å². The molecule has 0 radical (unpaired) electrons. The highest BCUT2D eigenvalue weighted by Gasteiger charge is 2.30. The van der Waals surface area contributed by atoms with Gasteiger partial charge < -0.3 is 20.8 Å². The predicted octanol–water partition coefficient (Wildman–Crippen LogP) is 3.59. The number of carbonyl (C=O) groups excluding carboxylic acids is 1. The molecule has 0 unspecified atom stereocenters. The van der Waals surface area contributed by atoms with E-state index in [1.54, 1.807) is 12.4 Å². The maximum atomic E-state index is 12.8. The third-order valence-electron chi connectivity index (χ3n) is 5.45. The maximum Gasteiger partial charge on any atom is 0.314 e. The zero-order chi connectivity index (χ0) is 20.8. The molecule has 0 spiro atoms. The average Bonchev–Trinajstić information content (AvgIpc) is 3.31. The number of nitrogens with zero attached hydrogens (tertiary/aromatic N) is 5. The van der Waals surface area contributed by atoms with Crippen LogP contribution in [0.1, 0.15) is 31.7 Å². The molecule has 4 N–H and O–H groups in total. The Balaban J connectivity index is 1.29. The first-order valence-corrected chi connectivity index (χ1v) is 10.7. The number of nitrogens with two attached hydrogens (primary N) is 2. The Hall–Kier alpha value is -2.98. The number of hydrogen-bond donors (Lipinski definition) is 2. The van der Waals surface area contributed by atoms with Crippen LogP contribution < -0.4 is 16.2 Å². The molecule has 0 aliphatic heterocycles. The van der Waals surface area contributed by atoms with Crippen molar-refractivity contribution in [1.82, 2.24) is 24.5 Å². The molecule has 1 saturated carbocycles. The van der Waals surface area contributed by atoms with E-state index in [1.165, 1.54) is 11.3 Å². The van der Waals surface area contributed by atoms with Crippen molar-refractivity contribution >= 4 is 61.2 Å². The van der Waals surface area contributed by atoms with Crippen LogP contribution in [0.25, 0.3) is 21.4 Å². The van der Waals surface area contributed by atoms with Crippen molar-refractivity contribution in [3.8, 4) is 5.75 Å². The van der Waals surface area contributed by atoms with Crippen molar-refractivity contribution in [2.75, 3.05) is 11.5 Å². The van der Waals surface area contributed by atoms with Crippen LogP contribution in [0.5, 0.6) is 5.75 Å². The van der Waals surface area contributed by atoms with Gasteiger partial charge in [-0.1, -0.05) is 17.4 Å². The number of fused-ring (bicyclic) bond motifs is 2. The topological polar surface area (TPSA) is 135 Å². The highest BCUT2D eigenvalue weighted by atomic mass is 35.5. The molecule has 5 rings (SSSR count). The van der Waals surface area contributed by atoms with E-state index >= 15 is 0 Å². The van der Waals surface area contributed by atoms with E-state index in [0.717, 1.165) is 17.5 Å². The van der Waals surface area contributed by atoms with Crippen LogP contribution in [0.3, 0.4) is 0 Å². The summed E-state index contributed by atoms with van der Waals surface area (Å²) in [7, 11) is 0. The van der Waals surface area contributed by atoms with Crippen LogP contribution in [-0.4, -0.2) is 30.5 Å². The van der Waals surface area contributed by atoms with Crippen molar-refractivity contribution in [3.05, 3.63) is 29.8 Å². The number of aromatic nitrogens is 5. The third-order valence-corrected chi connectivity index (χ3v) is 6.47. The van der Waals surface area contributed by atoms with Crippen molar-refractivity contribution in [1.29, 1.82) is 0 Å². The summed E-state index contributed by atoms with van der Waals surface area (Å²) in [6.45, 7) is 0. The molecule has 1 aliphatic carbocycles. The lowest BCUT2D eigenvalue weighted by molar-refractivity contribution is -0.140. The molecule has 1 aromatic carbocycles. The number of ether oxygens (including phenoxy) is 1. The largest absolute Gasteiger partial charge is 0.424 e. The molecular formula is C19H18ClN7O2S. The third kappa shape index (κ3) is 3.31. The average molecular weight is 444 g/mol. The molecule has 3 heterocycles. The van der Waals surface area contributed by atoms with Crippen LogP contribution in [0.4, 0.5) is 10.9 Å². The molecule has 0 amide bonds. The van der Waals surface area contributed by atoms with Gasteiger partial charge in [0, 0.05) is 6.04 Å². The number of hydrogen-bond acceptors (Lipinski definition) is 9. The minimum atomic E-state index is -0.238. The summed E-state index contributed by atoms with van der Waals surface area (Å²) >= 11 is 7.33. The molecule has 30 heavy (non-hydrogen) atoms. The highest BCUT2D eigenvalue weighted by Crippen LogP contribution is 2.36. The quantitative estimate of drug-likeness (QED) is 0.278. The van der Waals surface area contributed by atoms with Gasteiger partial charge >= 0.3 is 5.97 Å². The summed E-state index contributed by atoms with van der Waals surface area (Å²) in [5.74, 6) is 0.302. The van der Waals surface area contributed by atoms with Crippen LogP contribution in [0, 0.1) is 5.92 Å². The van der Waals surface area contributed by atoms with Gasteiger partial charge in [-0.15, -0.1) is 0 Å². The summed E-state index contributed by atoms with van der Waals surface area (Å²) in [5.41, 5.74) is 13.5. The standard InChI is InChI=1S/C19H18ClN7O2S/c20-18-25-15(21)14-16(26-18)27(8-23-14)10-6-4-9(5-7-10)17(28)29-11-2-1-3-12-13(11)24-19(22)30-12/h1-3,8-10H,4-7H2,(H2,22,24)(H2,21,25,26)/t9-,10+. The molecule has 1 aliphatic rings. The molecule has 154 valence electrons. The van der Waals surface area contributed by atoms with Gasteiger partial charge in [0.15, 0.2) is 22.3 Å². The summed E-state index contributed by atoms with van der Waals surface area (Å²) in [6.07, 6.45) is 4.70. The second-order valence-electron chi connectivity index (χ2n) is 7.28. The summed E-state index contributed by atoms with van der Waals surface area (Å²) in [6, 6.07) is 5.65. The van der Waals surface area contributed by atoms with Crippen LogP contribution in [0.2, 0.25) is 5.28 Å². The Morgan fingerprint density at radius 3 is 2.73 bits per heavy atom. The number of halogens is 1. The van der Waals surface area contributed by atoms with Gasteiger partial charge in [-0.2, -0.15) is 9.97 Å². The Morgan fingerprint density at radius 1 is 1.13 bits per heavy atom. The molecule has 0 atom stereocenters. The fraction of sp³-hybridized carbons (Fsp3) is 0.316. The second-order valence-corrected chi connectivity index (χ2v) is 8.68. The lowest BCUT2D eigenvalue weighted by Crippen LogP contribution is -2.26. The smallest absolute Gasteiger partial charge is 0.314 e. The van der Waals surface area contributed by atoms with Gasteiger partial charge in [0.25, 0.3) is 0 Å². The van der Waals surface area contributed by atoms with Gasteiger partial charge in [-0.05, 0) is 49.4 Å². The lowest BCUT2D eigenvalue weighted by atomic mass is 9.86. The normalized spacial score (nSPS) is 19.4. The number of nitrogen functional groups attached to an aromatic ring is 2. The van der Waals surface area contributed by atoms with Crippen LogP contribution in [0.15, 0.2) is 24.5 Å². The Bertz CT molecular complexity index is 1260. The SMILES string of the molecule is Nc1nc2c(OC(=O)[C@H]3CC[C@@H](n4cnc5c(N)nc(Cl)nc54)CC3)cccc2s1. The van der Waals surface area contributed by atoms with Crippen molar-refractivity contribution in [2.24, 2.45) is 5.92 Å². The monoisotopic (exact) mass is 443 g/mol. The molecular weight excluding hydrogens is 426 g/mol. The molecule has 9 nitrogen and oxygen atoms in total. The number of benzene rings is 1. The zero-order valence-electron chi connectivity index (χ0n) is 15.8. The molecule has 4 aromatic rings. The number of thiazole rings is 1. The van der Waals surface area contributed by atoms with Crippen LogP contribution >= 0.6 is 22.9 Å². The van der Waals surface area contributed by atoms with E-state index in [2.05, 4.69) is 19.9 Å². The highest BCUT2D eigenvalue weighted by molar-refractivity contribution is 7.22. The predicted molar refractivity (Wildman–Crippen MR) is 115 cm³/mol. The Morgan fingerprint density at radius 2 is 1.93 bits per heavy atom. The lowest BCUT2D eigenvalue weighted by Gasteiger charge is -2.28. The fourth-order valence-corrected chi connectivity index (χ4v) is 4.91. The first-order valence-electron chi connectivity index (χ1n) is 9.52. The summed E-state index contributed by atoms with van der Waals surface area (Å²) < 4.78 is 8.55. The zero-order valence-corrected chi connectivity index (χ0v) is 17.4. The molecule has 0 bridgehead atoms. The minimum absolute atomic E-state index is 0.0934. The Kier molecular flexibility index (Phi) is 4.67. The summed E-state index contributed by atoms with van der Waals surface area (Å²) in [5, 5.41) is 0.544. The molecule has 11 heteroatoms. The number of para-hydroxylation sites is 1. The molecule has 0 saturated heterocycles. The molecule has 3 aromatic heterocycles. The van der Waals surface area contributed by atoms with Crippen LogP contribution in [-0.2, 0) is 4.79 Å². The van der Waals surface area contributed by atoms with E-state index < -0.39 is 0 Å². The maximum absolute atomic E-state index is 12.8. The summed E-state index contributed by atoms with van der Waals surface area (Å²) in [4.78, 5) is 29.6. The van der Waals surface area contributed by atoms with Gasteiger partial charge in [0.05, 0.1) is 16.9 Å². The number of rotatable bonds is 3. The first-order chi connectivity index (χ1) is 14.5. The second kappa shape index (κ2) is 7.37. The minimum Gasteiger partial charge on any atom is -0.424 e. The van der Waals surface area contributed by atoms with Crippen molar-refractivity contribution < 1.29 is 9.53 Å². The van der Waals surface area contributed by atoms with Crippen molar-refractivity contribution in [2.45, 2.75) is 31.7 Å². The first kappa shape index (κ1) is 19.0.